The predicted molar refractivity (Wildman–Crippen MR) is 86.3 cm³/mol. The Kier molecular flexibility index (Phi) is 9.73. The van der Waals surface area contributed by atoms with Gasteiger partial charge in [-0.25, -0.2) is 0 Å². The highest BCUT2D eigenvalue weighted by Crippen LogP contribution is 2.29. The van der Waals surface area contributed by atoms with Gasteiger partial charge in [-0.05, 0) is 50.4 Å². The third-order valence-corrected chi connectivity index (χ3v) is 4.91. The molecule has 0 radical (unpaired) electrons. The van der Waals surface area contributed by atoms with E-state index in [9.17, 15) is 4.79 Å². The predicted octanol–water partition coefficient (Wildman–Crippen LogP) is 4.73. The van der Waals surface area contributed by atoms with Crippen LogP contribution in [0.2, 0.25) is 0 Å². The summed E-state index contributed by atoms with van der Waals surface area (Å²) >= 11 is 0. The Morgan fingerprint density at radius 1 is 1.19 bits per heavy atom. The minimum Gasteiger partial charge on any atom is -0.465 e. The number of carbonyl (C=O) groups excluding carboxylic acids is 1. The molecule has 1 unspecified atom stereocenters. The van der Waals surface area contributed by atoms with Crippen molar-refractivity contribution in [2.24, 2.45) is 11.8 Å². The Morgan fingerprint density at radius 3 is 2.48 bits per heavy atom. The molecule has 0 bridgehead atoms. The van der Waals surface area contributed by atoms with E-state index >= 15 is 0 Å². The van der Waals surface area contributed by atoms with E-state index in [2.05, 4.69) is 13.8 Å². The smallest absolute Gasteiger partial charge is 0.305 e. The van der Waals surface area contributed by atoms with Crippen LogP contribution in [-0.2, 0) is 14.3 Å². The van der Waals surface area contributed by atoms with Gasteiger partial charge < -0.3 is 9.47 Å². The molecular weight excluding hydrogens is 264 g/mol. The molecule has 124 valence electrons. The zero-order chi connectivity index (χ0) is 15.5. The maximum atomic E-state index is 11.9. The number of hydrogen-bond acceptors (Lipinski definition) is 3. The molecule has 0 heterocycles. The molecule has 0 aromatic heterocycles. The maximum Gasteiger partial charge on any atom is 0.305 e. The van der Waals surface area contributed by atoms with Gasteiger partial charge in [-0.3, -0.25) is 4.79 Å². The quantitative estimate of drug-likeness (QED) is 0.547. The molecule has 1 saturated carbocycles. The second-order valence-corrected chi connectivity index (χ2v) is 6.52. The fourth-order valence-corrected chi connectivity index (χ4v) is 3.16. The van der Waals surface area contributed by atoms with Crippen molar-refractivity contribution in [1.82, 2.24) is 0 Å². The number of hydrogen-bond donors (Lipinski definition) is 0. The highest BCUT2D eigenvalue weighted by molar-refractivity contribution is 5.69. The summed E-state index contributed by atoms with van der Waals surface area (Å²) in [4.78, 5) is 11.9. The Balaban J connectivity index is 2.10. The molecule has 1 aliphatic rings. The van der Waals surface area contributed by atoms with Crippen LogP contribution in [0.4, 0.5) is 0 Å². The number of ether oxygens (including phenoxy) is 2. The van der Waals surface area contributed by atoms with Gasteiger partial charge in [0.15, 0.2) is 0 Å². The van der Waals surface area contributed by atoms with Crippen LogP contribution in [-0.4, -0.2) is 25.8 Å². The van der Waals surface area contributed by atoms with Gasteiger partial charge in [-0.2, -0.15) is 0 Å². The van der Waals surface area contributed by atoms with E-state index in [4.69, 9.17) is 9.47 Å². The second-order valence-electron chi connectivity index (χ2n) is 6.52. The molecule has 1 atom stereocenters. The van der Waals surface area contributed by atoms with Crippen molar-refractivity contribution < 1.29 is 14.3 Å². The van der Waals surface area contributed by atoms with Crippen molar-refractivity contribution in [3.8, 4) is 0 Å². The lowest BCUT2D eigenvalue weighted by Gasteiger charge is -2.27. The molecule has 0 aromatic carbocycles. The van der Waals surface area contributed by atoms with E-state index < -0.39 is 0 Å². The summed E-state index contributed by atoms with van der Waals surface area (Å²) in [6.07, 6.45) is 11.4. The fraction of sp³-hybridized carbons (Fsp3) is 0.944. The largest absolute Gasteiger partial charge is 0.465 e. The van der Waals surface area contributed by atoms with Crippen LogP contribution in [0.25, 0.3) is 0 Å². The zero-order valence-corrected chi connectivity index (χ0v) is 14.2. The molecule has 21 heavy (non-hydrogen) atoms. The van der Waals surface area contributed by atoms with Gasteiger partial charge in [0.05, 0.1) is 12.7 Å². The molecule has 1 rings (SSSR count). The lowest BCUT2D eigenvalue weighted by molar-refractivity contribution is -0.145. The first kappa shape index (κ1) is 18.5. The van der Waals surface area contributed by atoms with Crippen LogP contribution in [0.15, 0.2) is 0 Å². The van der Waals surface area contributed by atoms with Crippen LogP contribution in [0, 0.1) is 11.8 Å². The monoisotopic (exact) mass is 298 g/mol. The number of carbonyl (C=O) groups is 1. The number of esters is 1. The molecule has 0 N–H and O–H groups in total. The molecule has 1 fully saturated rings. The number of methoxy groups -OCH3 is 1. The first-order valence-electron chi connectivity index (χ1n) is 8.87. The Labute approximate surface area is 130 Å². The van der Waals surface area contributed by atoms with E-state index in [1.807, 2.05) is 0 Å². The lowest BCUT2D eigenvalue weighted by atomic mass is 9.84. The zero-order valence-electron chi connectivity index (χ0n) is 14.2. The summed E-state index contributed by atoms with van der Waals surface area (Å²) in [6.45, 7) is 5.01. The van der Waals surface area contributed by atoms with Gasteiger partial charge in [-0.15, -0.1) is 0 Å². The summed E-state index contributed by atoms with van der Waals surface area (Å²) in [5.41, 5.74) is 0. The minimum absolute atomic E-state index is 0.00110. The van der Waals surface area contributed by atoms with Gasteiger partial charge in [0.2, 0.25) is 0 Å². The van der Waals surface area contributed by atoms with Crippen LogP contribution in [0.3, 0.4) is 0 Å². The normalized spacial score (nSPS) is 23.8. The van der Waals surface area contributed by atoms with Crippen molar-refractivity contribution in [2.45, 2.75) is 84.2 Å². The van der Waals surface area contributed by atoms with Crippen molar-refractivity contribution in [3.63, 3.8) is 0 Å². The molecule has 0 aromatic rings. The van der Waals surface area contributed by atoms with Crippen molar-refractivity contribution >= 4 is 5.97 Å². The molecule has 3 nitrogen and oxygen atoms in total. The van der Waals surface area contributed by atoms with E-state index in [0.717, 1.165) is 25.7 Å². The van der Waals surface area contributed by atoms with E-state index in [1.165, 1.54) is 32.1 Å². The highest BCUT2D eigenvalue weighted by atomic mass is 16.5. The summed E-state index contributed by atoms with van der Waals surface area (Å²) in [7, 11) is 1.80. The Morgan fingerprint density at radius 2 is 1.90 bits per heavy atom. The first-order valence-corrected chi connectivity index (χ1v) is 8.87. The Bertz CT molecular complexity index is 270. The third kappa shape index (κ3) is 7.85. The topological polar surface area (TPSA) is 35.5 Å². The summed E-state index contributed by atoms with van der Waals surface area (Å²) in [5, 5.41) is 0. The summed E-state index contributed by atoms with van der Waals surface area (Å²) in [5.74, 6) is 1.23. The lowest BCUT2D eigenvalue weighted by Crippen LogP contribution is -2.21. The van der Waals surface area contributed by atoms with Crippen molar-refractivity contribution in [1.29, 1.82) is 0 Å². The van der Waals surface area contributed by atoms with Crippen molar-refractivity contribution in [3.05, 3.63) is 0 Å². The van der Waals surface area contributed by atoms with Gasteiger partial charge in [0.25, 0.3) is 0 Å². The summed E-state index contributed by atoms with van der Waals surface area (Å²) in [6, 6.07) is 0. The maximum absolute atomic E-state index is 11.9. The van der Waals surface area contributed by atoms with Crippen LogP contribution in [0.1, 0.15) is 78.1 Å². The average molecular weight is 298 g/mol. The average Bonchev–Trinajstić information content (AvgIpc) is 2.53. The van der Waals surface area contributed by atoms with Gasteiger partial charge >= 0.3 is 5.97 Å². The standard InChI is InChI=1S/C18H34O3/c1-4-6-7-15(5-2)14-21-18(19)13-10-16-8-11-17(20-3)12-9-16/h15-17H,4-14H2,1-3H3. The van der Waals surface area contributed by atoms with E-state index in [0.29, 0.717) is 31.0 Å². The molecule has 0 saturated heterocycles. The van der Waals surface area contributed by atoms with Crippen LogP contribution in [0.5, 0.6) is 0 Å². The SMILES string of the molecule is CCCCC(CC)COC(=O)CCC1CCC(OC)CC1. The van der Waals surface area contributed by atoms with Crippen LogP contribution < -0.4 is 0 Å². The van der Waals surface area contributed by atoms with Crippen molar-refractivity contribution in [2.75, 3.05) is 13.7 Å². The number of rotatable bonds is 10. The molecule has 0 aliphatic heterocycles. The second kappa shape index (κ2) is 11.1. The summed E-state index contributed by atoms with van der Waals surface area (Å²) < 4.78 is 10.8. The fourth-order valence-electron chi connectivity index (χ4n) is 3.16. The third-order valence-electron chi connectivity index (χ3n) is 4.91. The molecule has 1 aliphatic carbocycles. The molecule has 0 spiro atoms. The van der Waals surface area contributed by atoms with Gasteiger partial charge in [0, 0.05) is 13.5 Å². The van der Waals surface area contributed by atoms with Gasteiger partial charge in [0.1, 0.15) is 0 Å². The van der Waals surface area contributed by atoms with Crippen LogP contribution >= 0.6 is 0 Å². The molecule has 3 heteroatoms. The molecule has 0 amide bonds. The molecular formula is C18H34O3. The Hall–Kier alpha value is -0.570. The highest BCUT2D eigenvalue weighted by Gasteiger charge is 2.21. The minimum atomic E-state index is -0.00110. The van der Waals surface area contributed by atoms with E-state index in [-0.39, 0.29) is 5.97 Å². The van der Waals surface area contributed by atoms with E-state index in [1.54, 1.807) is 7.11 Å². The number of unbranched alkanes of at least 4 members (excludes halogenated alkanes) is 1. The van der Waals surface area contributed by atoms with Gasteiger partial charge in [-0.1, -0.05) is 33.1 Å². The first-order chi connectivity index (χ1) is 10.2.